The van der Waals surface area contributed by atoms with Crippen LogP contribution in [0.4, 0.5) is 17.6 Å². The molecule has 12 nitrogen and oxygen atoms in total. The Morgan fingerprint density at radius 3 is 2.63 bits per heavy atom. The number of nitrogens with two attached hydrogens (primary N) is 1. The van der Waals surface area contributed by atoms with Crippen molar-refractivity contribution in [3.05, 3.63) is 66.0 Å². The number of para-hydroxylation sites is 1. The summed E-state index contributed by atoms with van der Waals surface area (Å²) >= 11 is 0. The number of hydrogen-bond donors (Lipinski definition) is 3. The lowest BCUT2D eigenvalue weighted by atomic mass is 10.1. The molecule has 214 valence electrons. The van der Waals surface area contributed by atoms with Crippen molar-refractivity contribution in [2.45, 2.75) is 45.2 Å². The maximum Gasteiger partial charge on any atom is 0.230 e. The Kier molecular flexibility index (Phi) is 6.99. The predicted octanol–water partition coefficient (Wildman–Crippen LogP) is 3.50. The van der Waals surface area contributed by atoms with Gasteiger partial charge in [0.1, 0.15) is 0 Å². The highest BCUT2D eigenvalue weighted by molar-refractivity contribution is 7.92. The third-order valence-corrected chi connectivity index (χ3v) is 7.92. The molecule has 0 amide bonds. The van der Waals surface area contributed by atoms with Crippen molar-refractivity contribution < 1.29 is 8.42 Å². The van der Waals surface area contributed by atoms with Gasteiger partial charge in [-0.05, 0) is 48.6 Å². The second-order valence-electron chi connectivity index (χ2n) is 10.9. The molecule has 0 spiro atoms. The third-order valence-electron chi connectivity index (χ3n) is 7.31. The van der Waals surface area contributed by atoms with Crippen molar-refractivity contribution in [2.75, 3.05) is 34.3 Å². The van der Waals surface area contributed by atoms with Gasteiger partial charge in [0.15, 0.2) is 5.65 Å². The highest BCUT2D eigenvalue weighted by Gasteiger charge is 2.22. The molecule has 0 saturated carbocycles. The predicted molar refractivity (Wildman–Crippen MR) is 161 cm³/mol. The van der Waals surface area contributed by atoms with Crippen molar-refractivity contribution in [1.29, 1.82) is 0 Å². The summed E-state index contributed by atoms with van der Waals surface area (Å²) in [7, 11) is -3.38. The number of anilines is 3. The van der Waals surface area contributed by atoms with E-state index in [4.69, 9.17) is 20.8 Å². The molecule has 1 saturated heterocycles. The number of fused-ring (bicyclic) bond motifs is 2. The SMILES string of the molecule is CC(C)c1cnn2c(NCc3ccccc3-n3cc4cc(NS(C)(=O)=O)ccc4n3)nc(N3CCC(N)CC3)nc12. The van der Waals surface area contributed by atoms with Gasteiger partial charge in [0.05, 0.1) is 23.7 Å². The van der Waals surface area contributed by atoms with Crippen LogP contribution in [-0.4, -0.2) is 63.2 Å². The lowest BCUT2D eigenvalue weighted by Gasteiger charge is -2.30. The van der Waals surface area contributed by atoms with Crippen molar-refractivity contribution in [1.82, 2.24) is 29.4 Å². The molecule has 1 fully saturated rings. The Bertz CT molecular complexity index is 1820. The third kappa shape index (κ3) is 5.68. The van der Waals surface area contributed by atoms with Gasteiger partial charge in [0, 0.05) is 48.5 Å². The Morgan fingerprint density at radius 1 is 1.10 bits per heavy atom. The van der Waals surface area contributed by atoms with Crippen LogP contribution in [0.1, 0.15) is 43.7 Å². The zero-order valence-electron chi connectivity index (χ0n) is 23.3. The summed E-state index contributed by atoms with van der Waals surface area (Å²) in [4.78, 5) is 12.0. The van der Waals surface area contributed by atoms with E-state index < -0.39 is 10.0 Å². The molecule has 1 aliphatic rings. The minimum Gasteiger partial charge on any atom is -0.350 e. The molecule has 4 heterocycles. The van der Waals surface area contributed by atoms with Crippen molar-refractivity contribution in [2.24, 2.45) is 5.73 Å². The van der Waals surface area contributed by atoms with E-state index in [-0.39, 0.29) is 12.0 Å². The standard InChI is InChI=1S/C28H34N10O2S/c1-18(2)23-16-31-38-26(23)32-28(36-12-10-21(29)11-13-36)33-27(38)30-15-19-6-4-5-7-25(19)37-17-20-14-22(35-41(3,39)40)8-9-24(20)34-37/h4-9,14,16-18,21,35H,10-13,15,29H2,1-3H3,(H,30,32,33). The summed E-state index contributed by atoms with van der Waals surface area (Å²) in [6.07, 6.45) is 6.71. The van der Waals surface area contributed by atoms with E-state index in [0.717, 1.165) is 65.6 Å². The average Bonchev–Trinajstić information content (AvgIpc) is 3.56. The zero-order chi connectivity index (χ0) is 28.7. The Hall–Kier alpha value is -4.23. The molecule has 6 rings (SSSR count). The Balaban J connectivity index is 1.32. The Morgan fingerprint density at radius 2 is 1.88 bits per heavy atom. The number of sulfonamides is 1. The average molecular weight is 575 g/mol. The van der Waals surface area contributed by atoms with Crippen molar-refractivity contribution >= 4 is 44.2 Å². The van der Waals surface area contributed by atoms with Gasteiger partial charge < -0.3 is 16.0 Å². The smallest absolute Gasteiger partial charge is 0.230 e. The summed E-state index contributed by atoms with van der Waals surface area (Å²) in [6.45, 7) is 6.38. The van der Waals surface area contributed by atoms with E-state index in [0.29, 0.717) is 24.1 Å². The minimum atomic E-state index is -3.38. The second-order valence-corrected chi connectivity index (χ2v) is 12.6. The van der Waals surface area contributed by atoms with Crippen LogP contribution in [0, 0.1) is 0 Å². The van der Waals surface area contributed by atoms with E-state index in [9.17, 15) is 8.42 Å². The molecule has 4 N–H and O–H groups in total. The fraction of sp³-hybridized carbons (Fsp3) is 0.357. The van der Waals surface area contributed by atoms with Crippen LogP contribution in [0.2, 0.25) is 0 Å². The summed E-state index contributed by atoms with van der Waals surface area (Å²) in [6, 6.07) is 13.5. The highest BCUT2D eigenvalue weighted by atomic mass is 32.2. The van der Waals surface area contributed by atoms with Crippen LogP contribution in [0.5, 0.6) is 0 Å². The largest absolute Gasteiger partial charge is 0.350 e. The number of benzene rings is 2. The summed E-state index contributed by atoms with van der Waals surface area (Å²) in [5, 5.41) is 13.7. The number of nitrogens with one attached hydrogen (secondary N) is 2. The van der Waals surface area contributed by atoms with Gasteiger partial charge in [0.25, 0.3) is 0 Å². The van der Waals surface area contributed by atoms with Gasteiger partial charge in [-0.1, -0.05) is 32.0 Å². The first-order chi connectivity index (χ1) is 19.6. The molecule has 13 heteroatoms. The van der Waals surface area contributed by atoms with Crippen LogP contribution in [0.25, 0.3) is 22.2 Å². The molecular weight excluding hydrogens is 540 g/mol. The summed E-state index contributed by atoms with van der Waals surface area (Å²) in [5.41, 5.74) is 11.2. The van der Waals surface area contributed by atoms with Crippen molar-refractivity contribution in [3.8, 4) is 5.69 Å². The van der Waals surface area contributed by atoms with Gasteiger partial charge >= 0.3 is 0 Å². The molecule has 0 radical (unpaired) electrons. The first-order valence-corrected chi connectivity index (χ1v) is 15.6. The van der Waals surface area contributed by atoms with Crippen LogP contribution in [0.15, 0.2) is 54.9 Å². The molecule has 0 aliphatic carbocycles. The molecule has 2 aromatic carbocycles. The highest BCUT2D eigenvalue weighted by Crippen LogP contribution is 2.26. The topological polar surface area (TPSA) is 148 Å². The monoisotopic (exact) mass is 574 g/mol. The van der Waals surface area contributed by atoms with Gasteiger partial charge in [0.2, 0.25) is 21.9 Å². The number of nitrogens with zero attached hydrogens (tertiary/aromatic N) is 7. The number of rotatable bonds is 8. The van der Waals surface area contributed by atoms with E-state index in [2.05, 4.69) is 33.9 Å². The van der Waals surface area contributed by atoms with Crippen LogP contribution in [-0.2, 0) is 16.6 Å². The normalized spacial score (nSPS) is 14.8. The van der Waals surface area contributed by atoms with Gasteiger partial charge in [-0.2, -0.15) is 24.7 Å². The molecule has 0 bridgehead atoms. The second kappa shape index (κ2) is 10.6. The van der Waals surface area contributed by atoms with Crippen LogP contribution < -0.4 is 20.7 Å². The fourth-order valence-corrected chi connectivity index (χ4v) is 5.69. The zero-order valence-corrected chi connectivity index (χ0v) is 24.1. The fourth-order valence-electron chi connectivity index (χ4n) is 5.13. The molecule has 1 aliphatic heterocycles. The molecule has 0 atom stereocenters. The maximum atomic E-state index is 11.7. The van der Waals surface area contributed by atoms with E-state index in [1.807, 2.05) is 41.3 Å². The lowest BCUT2D eigenvalue weighted by molar-refractivity contribution is 0.495. The quantitative estimate of drug-likeness (QED) is 0.253. The van der Waals surface area contributed by atoms with Crippen LogP contribution >= 0.6 is 0 Å². The molecule has 3 aromatic heterocycles. The maximum absolute atomic E-state index is 11.7. The molecule has 0 unspecified atom stereocenters. The molecular formula is C28H34N10O2S. The van der Waals surface area contributed by atoms with Gasteiger partial charge in [-0.15, -0.1) is 0 Å². The summed E-state index contributed by atoms with van der Waals surface area (Å²) < 4.78 is 29.5. The van der Waals surface area contributed by atoms with Gasteiger partial charge in [-0.25, -0.2) is 13.1 Å². The number of piperidine rings is 1. The molecule has 41 heavy (non-hydrogen) atoms. The summed E-state index contributed by atoms with van der Waals surface area (Å²) in [5.74, 6) is 1.56. The van der Waals surface area contributed by atoms with Gasteiger partial charge in [-0.3, -0.25) is 4.72 Å². The first kappa shape index (κ1) is 27.0. The van der Waals surface area contributed by atoms with Crippen LogP contribution in [0.3, 0.4) is 0 Å². The lowest BCUT2D eigenvalue weighted by Crippen LogP contribution is -2.40. The van der Waals surface area contributed by atoms with E-state index in [1.165, 1.54) is 0 Å². The van der Waals surface area contributed by atoms with Crippen molar-refractivity contribution in [3.63, 3.8) is 0 Å². The van der Waals surface area contributed by atoms with E-state index in [1.54, 1.807) is 22.7 Å². The molecule has 5 aromatic rings. The van der Waals surface area contributed by atoms with E-state index >= 15 is 0 Å². The Labute approximate surface area is 238 Å². The number of hydrogen-bond acceptors (Lipinski definition) is 9. The first-order valence-electron chi connectivity index (χ1n) is 13.7. The minimum absolute atomic E-state index is 0.215. The number of aromatic nitrogens is 6.